The van der Waals surface area contributed by atoms with Crippen molar-refractivity contribution in [2.24, 2.45) is 0 Å². The quantitative estimate of drug-likeness (QED) is 0.524. The molecule has 7 heteroatoms. The van der Waals surface area contributed by atoms with Gasteiger partial charge in [0.05, 0.1) is 5.75 Å². The lowest BCUT2D eigenvalue weighted by molar-refractivity contribution is -0.136. The van der Waals surface area contributed by atoms with Gasteiger partial charge in [-0.15, -0.1) is 0 Å². The molecule has 0 bridgehead atoms. The fourth-order valence-corrected chi connectivity index (χ4v) is 4.79. The van der Waals surface area contributed by atoms with Gasteiger partial charge in [0.2, 0.25) is 10.0 Å². The summed E-state index contributed by atoms with van der Waals surface area (Å²) >= 11 is 0. The molecule has 1 saturated heterocycles. The molecular formula is C24H30N2O4S. The number of aliphatic carboxylic acids is 1. The van der Waals surface area contributed by atoms with Crippen molar-refractivity contribution in [2.75, 3.05) is 12.3 Å². The van der Waals surface area contributed by atoms with Gasteiger partial charge in [-0.25, -0.2) is 13.1 Å². The Morgan fingerprint density at radius 1 is 1.23 bits per heavy atom. The molecule has 2 aromatic carbocycles. The van der Waals surface area contributed by atoms with Crippen LogP contribution >= 0.6 is 0 Å². The van der Waals surface area contributed by atoms with Gasteiger partial charge >= 0.3 is 5.97 Å². The van der Waals surface area contributed by atoms with Crippen molar-refractivity contribution in [1.29, 1.82) is 0 Å². The monoisotopic (exact) mass is 442 g/mol. The molecule has 0 amide bonds. The molecule has 1 aliphatic rings. The second-order valence-electron chi connectivity index (χ2n) is 7.80. The molecule has 0 spiro atoms. The number of carbonyl (C=O) groups is 1. The van der Waals surface area contributed by atoms with E-state index >= 15 is 0 Å². The van der Waals surface area contributed by atoms with Crippen LogP contribution in [0.4, 0.5) is 0 Å². The Balaban J connectivity index is 1.76. The minimum absolute atomic E-state index is 0.0581. The van der Waals surface area contributed by atoms with Crippen molar-refractivity contribution in [3.8, 4) is 11.1 Å². The minimum Gasteiger partial charge on any atom is -0.481 e. The minimum atomic E-state index is -3.24. The van der Waals surface area contributed by atoms with Crippen molar-refractivity contribution >= 4 is 22.1 Å². The molecule has 2 unspecified atom stereocenters. The van der Waals surface area contributed by atoms with Crippen LogP contribution in [0.5, 0.6) is 0 Å². The largest absolute Gasteiger partial charge is 0.481 e. The summed E-state index contributed by atoms with van der Waals surface area (Å²) in [7, 11) is -3.24. The number of hydrogen-bond donors (Lipinski definition) is 3. The van der Waals surface area contributed by atoms with Crippen molar-refractivity contribution in [2.45, 2.75) is 44.7 Å². The van der Waals surface area contributed by atoms with Crippen LogP contribution in [0, 0.1) is 0 Å². The highest BCUT2D eigenvalue weighted by molar-refractivity contribution is 7.89. The van der Waals surface area contributed by atoms with Gasteiger partial charge in [-0.2, -0.15) is 0 Å². The highest BCUT2D eigenvalue weighted by atomic mass is 32.2. The van der Waals surface area contributed by atoms with E-state index in [1.807, 2.05) is 36.4 Å². The van der Waals surface area contributed by atoms with Crippen molar-refractivity contribution in [1.82, 2.24) is 10.0 Å². The second-order valence-corrected chi connectivity index (χ2v) is 9.85. The van der Waals surface area contributed by atoms with Gasteiger partial charge in [0.15, 0.2) is 0 Å². The number of carboxylic acids is 1. The normalized spacial score (nSPS) is 19.1. The summed E-state index contributed by atoms with van der Waals surface area (Å²) in [5.41, 5.74) is 4.35. The third-order valence-corrected chi connectivity index (χ3v) is 6.96. The lowest BCUT2D eigenvalue weighted by Crippen LogP contribution is -2.45. The number of hydrogen-bond acceptors (Lipinski definition) is 4. The van der Waals surface area contributed by atoms with Gasteiger partial charge in [-0.1, -0.05) is 60.7 Å². The summed E-state index contributed by atoms with van der Waals surface area (Å²) in [4.78, 5) is 10.7. The van der Waals surface area contributed by atoms with Gasteiger partial charge in [0.1, 0.15) is 0 Å². The third-order valence-electron chi connectivity index (χ3n) is 5.54. The highest BCUT2D eigenvalue weighted by Gasteiger charge is 2.29. The summed E-state index contributed by atoms with van der Waals surface area (Å²) in [6.45, 7) is 2.45. The Labute approximate surface area is 184 Å². The van der Waals surface area contributed by atoms with Crippen LogP contribution in [0.15, 0.2) is 54.6 Å². The van der Waals surface area contributed by atoms with E-state index in [0.29, 0.717) is 6.42 Å². The van der Waals surface area contributed by atoms with E-state index in [1.165, 1.54) is 0 Å². The molecule has 3 N–H and O–H groups in total. The van der Waals surface area contributed by atoms with E-state index < -0.39 is 16.0 Å². The van der Waals surface area contributed by atoms with E-state index in [-0.39, 0.29) is 24.3 Å². The average Bonchev–Trinajstić information content (AvgIpc) is 3.17. The van der Waals surface area contributed by atoms with Gasteiger partial charge < -0.3 is 10.4 Å². The van der Waals surface area contributed by atoms with Gasteiger partial charge in [0, 0.05) is 18.5 Å². The molecule has 3 rings (SSSR count). The number of rotatable bonds is 10. The first-order valence-electron chi connectivity index (χ1n) is 10.7. The first kappa shape index (κ1) is 23.2. The molecule has 1 aliphatic heterocycles. The highest BCUT2D eigenvalue weighted by Crippen LogP contribution is 2.27. The number of carboxylic acid groups (broad SMARTS) is 1. The number of nitrogens with one attached hydrogen (secondary N) is 2. The van der Waals surface area contributed by atoms with Gasteiger partial charge in [-0.3, -0.25) is 4.79 Å². The third kappa shape index (κ3) is 6.75. The van der Waals surface area contributed by atoms with E-state index in [9.17, 15) is 13.2 Å². The predicted molar refractivity (Wildman–Crippen MR) is 124 cm³/mol. The van der Waals surface area contributed by atoms with E-state index in [1.54, 1.807) is 6.92 Å². The molecule has 0 aliphatic carbocycles. The molecule has 0 aromatic heterocycles. The van der Waals surface area contributed by atoms with Crippen LogP contribution in [0.1, 0.15) is 37.3 Å². The molecule has 1 heterocycles. The van der Waals surface area contributed by atoms with Crippen LogP contribution in [-0.4, -0.2) is 43.9 Å². The van der Waals surface area contributed by atoms with E-state index in [2.05, 4.69) is 34.3 Å². The molecule has 0 radical (unpaired) electrons. The van der Waals surface area contributed by atoms with Crippen LogP contribution in [0.3, 0.4) is 0 Å². The Bertz CT molecular complexity index is 1030. The summed E-state index contributed by atoms with van der Waals surface area (Å²) in [5.74, 6) is -0.715. The SMILES string of the molecule is CCS(=O)(=O)NC1CCNC1Cc1cccc(-c2ccccc2/C=C/CCC(=O)O)c1. The fourth-order valence-electron chi connectivity index (χ4n) is 3.88. The Morgan fingerprint density at radius 3 is 2.81 bits per heavy atom. The zero-order valence-corrected chi connectivity index (χ0v) is 18.6. The van der Waals surface area contributed by atoms with Crippen LogP contribution in [0.2, 0.25) is 0 Å². The molecule has 166 valence electrons. The van der Waals surface area contributed by atoms with E-state index in [0.717, 1.165) is 41.6 Å². The Hall–Kier alpha value is -2.48. The number of benzene rings is 2. The second kappa shape index (κ2) is 10.7. The standard InChI is InChI=1S/C24H30N2O4S/c1-2-31(29,30)26-22-14-15-25-23(22)17-18-8-7-11-20(16-18)21-12-5-3-9-19(21)10-4-6-13-24(27)28/h3-5,7-12,16,22-23,25-26H,2,6,13-15,17H2,1H3,(H,27,28)/b10-4+. The van der Waals surface area contributed by atoms with Crippen molar-refractivity contribution < 1.29 is 18.3 Å². The molecule has 31 heavy (non-hydrogen) atoms. The predicted octanol–water partition coefficient (Wildman–Crippen LogP) is 3.44. The van der Waals surface area contributed by atoms with Crippen molar-refractivity contribution in [3.63, 3.8) is 0 Å². The Kier molecular flexibility index (Phi) is 8.01. The van der Waals surface area contributed by atoms with E-state index in [4.69, 9.17) is 5.11 Å². The van der Waals surface area contributed by atoms with Crippen LogP contribution in [0.25, 0.3) is 17.2 Å². The molecule has 6 nitrogen and oxygen atoms in total. The Morgan fingerprint density at radius 2 is 2.03 bits per heavy atom. The van der Waals surface area contributed by atoms with Gasteiger partial charge in [0.25, 0.3) is 0 Å². The fraction of sp³-hybridized carbons (Fsp3) is 0.375. The zero-order chi connectivity index (χ0) is 22.3. The lowest BCUT2D eigenvalue weighted by Gasteiger charge is -2.21. The lowest BCUT2D eigenvalue weighted by atomic mass is 9.95. The molecular weight excluding hydrogens is 412 g/mol. The maximum Gasteiger partial charge on any atom is 0.303 e. The zero-order valence-electron chi connectivity index (χ0n) is 17.8. The van der Waals surface area contributed by atoms with Gasteiger partial charge in [-0.05, 0) is 55.0 Å². The molecule has 1 fully saturated rings. The summed E-state index contributed by atoms with van der Waals surface area (Å²) < 4.78 is 26.8. The topological polar surface area (TPSA) is 95.5 Å². The number of allylic oxidation sites excluding steroid dienone is 1. The summed E-state index contributed by atoms with van der Waals surface area (Å²) in [5, 5.41) is 12.2. The van der Waals surface area contributed by atoms with Crippen molar-refractivity contribution in [3.05, 3.63) is 65.7 Å². The maximum absolute atomic E-state index is 12.0. The van der Waals surface area contributed by atoms with Crippen LogP contribution in [-0.2, 0) is 21.2 Å². The number of sulfonamides is 1. The summed E-state index contributed by atoms with van der Waals surface area (Å²) in [6, 6.07) is 16.3. The first-order chi connectivity index (χ1) is 14.9. The maximum atomic E-state index is 12.0. The van der Waals surface area contributed by atoms with Crippen LogP contribution < -0.4 is 10.0 Å². The molecule has 0 saturated carbocycles. The summed E-state index contributed by atoms with van der Waals surface area (Å²) in [6.07, 6.45) is 6.00. The first-order valence-corrected chi connectivity index (χ1v) is 12.3. The smallest absolute Gasteiger partial charge is 0.303 e. The molecule has 2 aromatic rings. The molecule has 2 atom stereocenters. The average molecular weight is 443 g/mol.